The van der Waals surface area contributed by atoms with E-state index in [1.807, 2.05) is 48.5 Å². The van der Waals surface area contributed by atoms with E-state index >= 15 is 0 Å². The Morgan fingerprint density at radius 1 is 1.21 bits per heavy atom. The van der Waals surface area contributed by atoms with E-state index in [2.05, 4.69) is 30.1 Å². The molecule has 2 aliphatic carbocycles. The number of rotatable bonds is 5. The van der Waals surface area contributed by atoms with Crippen LogP contribution in [0.15, 0.2) is 54.6 Å². The highest BCUT2D eigenvalue weighted by molar-refractivity contribution is 5.92. The lowest BCUT2D eigenvalue weighted by Gasteiger charge is -2.58. The zero-order valence-corrected chi connectivity index (χ0v) is 19.8. The number of hydrogen-bond acceptors (Lipinski definition) is 3. The quantitative estimate of drug-likeness (QED) is 0.644. The highest BCUT2D eigenvalue weighted by atomic mass is 16.3. The van der Waals surface area contributed by atoms with Crippen LogP contribution in [0.25, 0.3) is 6.08 Å². The molecule has 1 heterocycles. The maximum Gasteiger partial charge on any atom is 0.246 e. The average Bonchev–Trinajstić information content (AvgIpc) is 2.81. The molecular formula is C29H36N2O2. The van der Waals surface area contributed by atoms with Gasteiger partial charge in [0.05, 0.1) is 0 Å². The van der Waals surface area contributed by atoms with Gasteiger partial charge in [-0.25, -0.2) is 0 Å². The predicted molar refractivity (Wildman–Crippen MR) is 133 cm³/mol. The Bertz CT molecular complexity index is 1030. The van der Waals surface area contributed by atoms with Crippen LogP contribution in [0.3, 0.4) is 0 Å². The number of hydrogen-bond donors (Lipinski definition) is 2. The average molecular weight is 445 g/mol. The number of amides is 1. The topological polar surface area (TPSA) is 52.6 Å². The van der Waals surface area contributed by atoms with Crippen molar-refractivity contribution in [1.29, 1.82) is 0 Å². The summed E-state index contributed by atoms with van der Waals surface area (Å²) in [6.45, 7) is 6.17. The third-order valence-electron chi connectivity index (χ3n) is 8.16. The van der Waals surface area contributed by atoms with Crippen molar-refractivity contribution in [2.75, 3.05) is 13.1 Å². The van der Waals surface area contributed by atoms with E-state index in [1.165, 1.54) is 11.1 Å². The number of piperidine rings is 1. The fourth-order valence-corrected chi connectivity index (χ4v) is 6.83. The summed E-state index contributed by atoms with van der Waals surface area (Å²) in [5.41, 5.74) is 3.80. The molecule has 4 heteroatoms. The van der Waals surface area contributed by atoms with Crippen molar-refractivity contribution in [2.45, 2.75) is 63.5 Å². The number of nitrogens with zero attached hydrogens (tertiary/aromatic N) is 1. The highest BCUT2D eigenvalue weighted by Crippen LogP contribution is 2.55. The summed E-state index contributed by atoms with van der Waals surface area (Å²) in [4.78, 5) is 15.6. The Labute approximate surface area is 197 Å². The first-order valence-corrected chi connectivity index (χ1v) is 12.6. The minimum atomic E-state index is 0.0454. The molecule has 1 amide bonds. The van der Waals surface area contributed by atoms with Gasteiger partial charge < -0.3 is 15.3 Å². The van der Waals surface area contributed by atoms with E-state index in [9.17, 15) is 9.90 Å². The molecule has 1 saturated carbocycles. The molecule has 2 fully saturated rings. The van der Waals surface area contributed by atoms with E-state index in [-0.39, 0.29) is 17.4 Å². The van der Waals surface area contributed by atoms with Crippen LogP contribution >= 0.6 is 0 Å². The van der Waals surface area contributed by atoms with Crippen molar-refractivity contribution < 1.29 is 9.90 Å². The molecule has 33 heavy (non-hydrogen) atoms. The molecule has 0 spiro atoms. The molecular weight excluding hydrogens is 408 g/mol. The zero-order chi connectivity index (χ0) is 23.0. The van der Waals surface area contributed by atoms with Crippen LogP contribution in [-0.4, -0.2) is 41.1 Å². The lowest BCUT2D eigenvalue weighted by molar-refractivity contribution is -0.131. The monoisotopic (exact) mass is 444 g/mol. The van der Waals surface area contributed by atoms with E-state index < -0.39 is 0 Å². The lowest BCUT2D eigenvalue weighted by atomic mass is 9.52. The standard InChI is InChI=1S/C29H36N2O2/c1-20(2)19-31(28(33)13-8-21-6-4-3-5-7-21)23-10-12-25-27-16-22-9-11-24(32)17-26(22)29(25,18-23)14-15-30-27/h3-9,11,13,17,20,23,25,27,30,32H,10,12,14-16,18-19H2,1-2H3/t23-,25-,27+,29-/m0/s1. The Hall–Kier alpha value is -2.59. The molecule has 4 nitrogen and oxygen atoms in total. The number of phenols is 1. The van der Waals surface area contributed by atoms with Crippen molar-refractivity contribution in [3.63, 3.8) is 0 Å². The summed E-state index contributed by atoms with van der Waals surface area (Å²) in [5, 5.41) is 14.1. The third kappa shape index (κ3) is 4.21. The molecule has 0 aromatic heterocycles. The first-order chi connectivity index (χ1) is 16.0. The van der Waals surface area contributed by atoms with Crippen molar-refractivity contribution in [1.82, 2.24) is 10.2 Å². The highest BCUT2D eigenvalue weighted by Gasteiger charge is 2.54. The molecule has 3 aliphatic rings. The number of nitrogens with one attached hydrogen (secondary N) is 1. The van der Waals surface area contributed by atoms with Crippen molar-refractivity contribution in [2.24, 2.45) is 11.8 Å². The fourth-order valence-electron chi connectivity index (χ4n) is 6.83. The molecule has 2 aromatic carbocycles. The van der Waals surface area contributed by atoms with Gasteiger partial charge in [-0.1, -0.05) is 50.2 Å². The first-order valence-electron chi connectivity index (χ1n) is 12.6. The van der Waals surface area contributed by atoms with Gasteiger partial charge in [-0.15, -0.1) is 0 Å². The largest absolute Gasteiger partial charge is 0.508 e. The zero-order valence-electron chi connectivity index (χ0n) is 19.8. The number of aromatic hydroxyl groups is 1. The van der Waals surface area contributed by atoms with Gasteiger partial charge in [-0.2, -0.15) is 0 Å². The molecule has 2 N–H and O–H groups in total. The summed E-state index contributed by atoms with van der Waals surface area (Å²) in [6, 6.07) is 16.8. The Kier molecular flexibility index (Phi) is 6.05. The smallest absolute Gasteiger partial charge is 0.246 e. The maximum absolute atomic E-state index is 13.5. The van der Waals surface area contributed by atoms with Crippen LogP contribution in [0.4, 0.5) is 0 Å². The Morgan fingerprint density at radius 2 is 2.03 bits per heavy atom. The van der Waals surface area contributed by atoms with Gasteiger partial charge in [-0.05, 0) is 85.4 Å². The van der Waals surface area contributed by atoms with Gasteiger partial charge >= 0.3 is 0 Å². The van der Waals surface area contributed by atoms with Gasteiger partial charge in [0.15, 0.2) is 0 Å². The molecule has 5 rings (SSSR count). The van der Waals surface area contributed by atoms with Gasteiger partial charge in [0.1, 0.15) is 5.75 Å². The van der Waals surface area contributed by atoms with Crippen molar-refractivity contribution in [3.8, 4) is 5.75 Å². The third-order valence-corrected chi connectivity index (χ3v) is 8.16. The number of phenolic OH excluding ortho intramolecular Hbond substituents is 1. The van der Waals surface area contributed by atoms with Gasteiger partial charge in [-0.3, -0.25) is 4.79 Å². The first kappa shape index (κ1) is 22.2. The van der Waals surface area contributed by atoms with E-state index in [4.69, 9.17) is 0 Å². The Balaban J connectivity index is 1.46. The fraction of sp³-hybridized carbons (Fsp3) is 0.483. The van der Waals surface area contributed by atoms with Gasteiger partial charge in [0.25, 0.3) is 0 Å². The molecule has 2 bridgehead atoms. The molecule has 2 aromatic rings. The van der Waals surface area contributed by atoms with E-state index in [1.54, 1.807) is 6.08 Å². The molecule has 1 aliphatic heterocycles. The van der Waals surface area contributed by atoms with Crippen molar-refractivity contribution >= 4 is 12.0 Å². The van der Waals surface area contributed by atoms with E-state index in [0.717, 1.165) is 50.8 Å². The molecule has 0 unspecified atom stereocenters. The van der Waals surface area contributed by atoms with Crippen LogP contribution in [-0.2, 0) is 16.6 Å². The van der Waals surface area contributed by atoms with Crippen LogP contribution in [0.5, 0.6) is 5.75 Å². The van der Waals surface area contributed by atoms with Crippen LogP contribution in [0.2, 0.25) is 0 Å². The minimum Gasteiger partial charge on any atom is -0.508 e. The second kappa shape index (κ2) is 8.98. The number of carbonyl (C=O) groups is 1. The number of fused-ring (bicyclic) bond motifs is 1. The summed E-state index contributed by atoms with van der Waals surface area (Å²) in [6.07, 6.45) is 8.98. The van der Waals surface area contributed by atoms with Crippen LogP contribution in [0, 0.1) is 11.8 Å². The second-order valence-corrected chi connectivity index (χ2v) is 10.7. The lowest BCUT2D eigenvalue weighted by Crippen LogP contribution is -2.62. The molecule has 1 saturated heterocycles. The summed E-state index contributed by atoms with van der Waals surface area (Å²) in [5.74, 6) is 1.47. The summed E-state index contributed by atoms with van der Waals surface area (Å²) < 4.78 is 0. The minimum absolute atomic E-state index is 0.0454. The molecule has 4 atom stereocenters. The maximum atomic E-state index is 13.5. The van der Waals surface area contributed by atoms with Crippen molar-refractivity contribution in [3.05, 3.63) is 71.3 Å². The van der Waals surface area contributed by atoms with E-state index in [0.29, 0.717) is 23.6 Å². The SMILES string of the molecule is CC(C)CN(C(=O)C=Cc1ccccc1)[C@H]1CC[C@H]2[C@H]3Cc4ccc(O)cc4[C@@]2(CCN3)C1. The van der Waals surface area contributed by atoms with Crippen LogP contribution in [0.1, 0.15) is 56.2 Å². The second-order valence-electron chi connectivity index (χ2n) is 10.7. The summed E-state index contributed by atoms with van der Waals surface area (Å²) >= 11 is 0. The van der Waals surface area contributed by atoms with Gasteiger partial charge in [0, 0.05) is 30.1 Å². The number of benzene rings is 2. The van der Waals surface area contributed by atoms with Gasteiger partial charge in [0.2, 0.25) is 5.91 Å². The normalized spacial score (nSPS) is 28.4. The van der Waals surface area contributed by atoms with Crippen LogP contribution < -0.4 is 5.32 Å². The Morgan fingerprint density at radius 3 is 2.82 bits per heavy atom. The molecule has 0 radical (unpaired) electrons. The predicted octanol–water partition coefficient (Wildman–Crippen LogP) is 4.91. The summed E-state index contributed by atoms with van der Waals surface area (Å²) in [7, 11) is 0. The molecule has 174 valence electrons. The number of carbonyl (C=O) groups excluding carboxylic acids is 1.